The van der Waals surface area contributed by atoms with Crippen molar-refractivity contribution in [3.8, 4) is 0 Å². The van der Waals surface area contributed by atoms with Crippen LogP contribution in [0.4, 0.5) is 0 Å². The standard InChI is InChI=1S/C17H30/c1-2-4-6-8-12-16(13-9-7-5-3-1)17-14-10-11-15-17/h12,17H,1-11,13-15H2. The Hall–Kier alpha value is -0.260. The SMILES string of the molecule is C1=C(C2CCCC2)CCCCCCCCCC1. The Bertz CT molecular complexity index is 220. The fourth-order valence-electron chi connectivity index (χ4n) is 3.59. The summed E-state index contributed by atoms with van der Waals surface area (Å²) >= 11 is 0. The lowest BCUT2D eigenvalue weighted by atomic mass is 9.90. The van der Waals surface area contributed by atoms with Gasteiger partial charge in [0.05, 0.1) is 0 Å². The van der Waals surface area contributed by atoms with Crippen LogP contribution in [0.1, 0.15) is 89.9 Å². The number of hydrogen-bond donors (Lipinski definition) is 0. The zero-order chi connectivity index (χ0) is 11.8. The topological polar surface area (TPSA) is 0 Å². The molecule has 2 aliphatic rings. The molecule has 2 rings (SSSR count). The molecule has 0 amide bonds. The predicted octanol–water partition coefficient (Wildman–Crippen LogP) is 6.02. The average molecular weight is 234 g/mol. The summed E-state index contributed by atoms with van der Waals surface area (Å²) in [7, 11) is 0. The van der Waals surface area contributed by atoms with E-state index in [0.29, 0.717) is 0 Å². The summed E-state index contributed by atoms with van der Waals surface area (Å²) in [5.41, 5.74) is 1.85. The van der Waals surface area contributed by atoms with E-state index >= 15 is 0 Å². The first kappa shape index (κ1) is 13.2. The highest BCUT2D eigenvalue weighted by Gasteiger charge is 2.18. The Morgan fingerprint density at radius 2 is 1.24 bits per heavy atom. The van der Waals surface area contributed by atoms with Gasteiger partial charge < -0.3 is 0 Å². The van der Waals surface area contributed by atoms with Gasteiger partial charge in [-0.2, -0.15) is 0 Å². The zero-order valence-electron chi connectivity index (χ0n) is 11.6. The van der Waals surface area contributed by atoms with Crippen molar-refractivity contribution in [2.75, 3.05) is 0 Å². The van der Waals surface area contributed by atoms with E-state index in [2.05, 4.69) is 6.08 Å². The molecular weight excluding hydrogens is 204 g/mol. The molecule has 0 aromatic heterocycles. The third-order valence-corrected chi connectivity index (χ3v) is 4.71. The van der Waals surface area contributed by atoms with Gasteiger partial charge >= 0.3 is 0 Å². The highest BCUT2D eigenvalue weighted by atomic mass is 14.2. The van der Waals surface area contributed by atoms with Gasteiger partial charge in [0.1, 0.15) is 0 Å². The van der Waals surface area contributed by atoms with E-state index < -0.39 is 0 Å². The third-order valence-electron chi connectivity index (χ3n) is 4.71. The molecule has 0 aliphatic heterocycles. The Labute approximate surface area is 108 Å². The van der Waals surface area contributed by atoms with Crippen molar-refractivity contribution in [3.05, 3.63) is 11.6 Å². The molecule has 0 aromatic carbocycles. The van der Waals surface area contributed by atoms with Crippen LogP contribution in [0.2, 0.25) is 0 Å². The van der Waals surface area contributed by atoms with Gasteiger partial charge in [-0.15, -0.1) is 0 Å². The van der Waals surface area contributed by atoms with Crippen LogP contribution in [0, 0.1) is 5.92 Å². The van der Waals surface area contributed by atoms with Crippen LogP contribution in [0.15, 0.2) is 11.6 Å². The van der Waals surface area contributed by atoms with Crippen molar-refractivity contribution in [2.45, 2.75) is 89.9 Å². The maximum Gasteiger partial charge on any atom is -0.0203 e. The highest BCUT2D eigenvalue weighted by Crippen LogP contribution is 2.34. The quantitative estimate of drug-likeness (QED) is 0.487. The van der Waals surface area contributed by atoms with Gasteiger partial charge in [0.25, 0.3) is 0 Å². The lowest BCUT2D eigenvalue weighted by Gasteiger charge is -2.16. The average Bonchev–Trinajstić information content (AvgIpc) is 2.83. The third kappa shape index (κ3) is 4.85. The summed E-state index contributed by atoms with van der Waals surface area (Å²) in [5.74, 6) is 0.984. The second-order valence-corrected chi connectivity index (χ2v) is 6.13. The summed E-state index contributed by atoms with van der Waals surface area (Å²) in [6.45, 7) is 0. The second-order valence-electron chi connectivity index (χ2n) is 6.13. The summed E-state index contributed by atoms with van der Waals surface area (Å²) in [6, 6.07) is 0. The van der Waals surface area contributed by atoms with Gasteiger partial charge in [0.15, 0.2) is 0 Å². The minimum atomic E-state index is 0.984. The molecule has 0 aromatic rings. The molecule has 0 nitrogen and oxygen atoms in total. The molecule has 0 heteroatoms. The summed E-state index contributed by atoms with van der Waals surface area (Å²) in [4.78, 5) is 0. The highest BCUT2D eigenvalue weighted by molar-refractivity contribution is 5.08. The lowest BCUT2D eigenvalue weighted by molar-refractivity contribution is 0.536. The molecule has 0 heterocycles. The molecule has 0 spiro atoms. The maximum absolute atomic E-state index is 2.64. The van der Waals surface area contributed by atoms with E-state index in [1.165, 1.54) is 89.9 Å². The van der Waals surface area contributed by atoms with Gasteiger partial charge in [-0.05, 0) is 44.4 Å². The molecule has 98 valence electrons. The largest absolute Gasteiger partial charge is 0.0851 e. The Balaban J connectivity index is 1.84. The first-order chi connectivity index (χ1) is 8.47. The van der Waals surface area contributed by atoms with Crippen LogP contribution in [0.5, 0.6) is 0 Å². The monoisotopic (exact) mass is 234 g/mol. The van der Waals surface area contributed by atoms with Crippen molar-refractivity contribution < 1.29 is 0 Å². The van der Waals surface area contributed by atoms with Crippen LogP contribution in [0.3, 0.4) is 0 Å². The zero-order valence-corrected chi connectivity index (χ0v) is 11.6. The van der Waals surface area contributed by atoms with E-state index in [9.17, 15) is 0 Å². The van der Waals surface area contributed by atoms with Crippen molar-refractivity contribution in [1.29, 1.82) is 0 Å². The number of rotatable bonds is 1. The smallest absolute Gasteiger partial charge is 0.0203 e. The van der Waals surface area contributed by atoms with Crippen LogP contribution < -0.4 is 0 Å². The molecule has 0 saturated heterocycles. The van der Waals surface area contributed by atoms with Crippen LogP contribution in [-0.4, -0.2) is 0 Å². The van der Waals surface area contributed by atoms with Crippen LogP contribution in [0.25, 0.3) is 0 Å². The fourth-order valence-corrected chi connectivity index (χ4v) is 3.59. The molecule has 0 radical (unpaired) electrons. The molecule has 1 saturated carbocycles. The summed E-state index contributed by atoms with van der Waals surface area (Å²) in [6.07, 6.45) is 23.2. The van der Waals surface area contributed by atoms with E-state index in [-0.39, 0.29) is 0 Å². The Morgan fingerprint density at radius 1 is 0.647 bits per heavy atom. The molecule has 1 fully saturated rings. The number of hydrogen-bond acceptors (Lipinski definition) is 0. The van der Waals surface area contributed by atoms with Gasteiger partial charge in [0.2, 0.25) is 0 Å². The van der Waals surface area contributed by atoms with E-state index in [4.69, 9.17) is 0 Å². The predicted molar refractivity (Wildman–Crippen MR) is 76.2 cm³/mol. The van der Waals surface area contributed by atoms with Crippen molar-refractivity contribution >= 4 is 0 Å². The molecular formula is C17H30. The Kier molecular flexibility index (Phi) is 6.16. The van der Waals surface area contributed by atoms with Crippen molar-refractivity contribution in [2.24, 2.45) is 5.92 Å². The van der Waals surface area contributed by atoms with Crippen LogP contribution in [-0.2, 0) is 0 Å². The van der Waals surface area contributed by atoms with E-state index in [0.717, 1.165) is 5.92 Å². The first-order valence-electron chi connectivity index (χ1n) is 8.16. The van der Waals surface area contributed by atoms with Gasteiger partial charge in [-0.25, -0.2) is 0 Å². The molecule has 0 atom stereocenters. The Morgan fingerprint density at radius 3 is 1.94 bits per heavy atom. The summed E-state index contributed by atoms with van der Waals surface area (Å²) < 4.78 is 0. The minimum Gasteiger partial charge on any atom is -0.0851 e. The first-order valence-corrected chi connectivity index (χ1v) is 8.16. The van der Waals surface area contributed by atoms with Crippen molar-refractivity contribution in [1.82, 2.24) is 0 Å². The maximum atomic E-state index is 2.64. The number of allylic oxidation sites excluding steroid dienone is 2. The van der Waals surface area contributed by atoms with Crippen LogP contribution >= 0.6 is 0 Å². The molecule has 17 heavy (non-hydrogen) atoms. The van der Waals surface area contributed by atoms with E-state index in [1.54, 1.807) is 0 Å². The van der Waals surface area contributed by atoms with Gasteiger partial charge in [-0.1, -0.05) is 63.0 Å². The molecule has 2 aliphatic carbocycles. The van der Waals surface area contributed by atoms with Crippen molar-refractivity contribution in [3.63, 3.8) is 0 Å². The fraction of sp³-hybridized carbons (Fsp3) is 0.882. The normalized spacial score (nSPS) is 26.0. The molecule has 0 unspecified atom stereocenters. The van der Waals surface area contributed by atoms with Gasteiger partial charge in [0, 0.05) is 0 Å². The van der Waals surface area contributed by atoms with E-state index in [1.807, 2.05) is 5.57 Å². The lowest BCUT2D eigenvalue weighted by Crippen LogP contribution is -2.00. The second kappa shape index (κ2) is 7.95. The summed E-state index contributed by atoms with van der Waals surface area (Å²) in [5, 5.41) is 0. The minimum absolute atomic E-state index is 0.984. The molecule has 0 bridgehead atoms. The molecule has 0 N–H and O–H groups in total. The van der Waals surface area contributed by atoms with Gasteiger partial charge in [-0.3, -0.25) is 0 Å².